The fourth-order valence-electron chi connectivity index (χ4n) is 2.96. The number of hydrogen-bond acceptors (Lipinski definition) is 2. The first kappa shape index (κ1) is 14.6. The summed E-state index contributed by atoms with van der Waals surface area (Å²) in [4.78, 5) is 2.39. The largest absolute Gasteiger partial charge is 0.489 e. The molecule has 0 saturated carbocycles. The number of hydrogen-bond donors (Lipinski definition) is 0. The second-order valence-electron chi connectivity index (χ2n) is 5.65. The highest BCUT2D eigenvalue weighted by Gasteiger charge is 2.30. The Morgan fingerprint density at radius 3 is 2.52 bits per heavy atom. The van der Waals surface area contributed by atoms with Crippen LogP contribution in [0.1, 0.15) is 17.9 Å². The predicted molar refractivity (Wildman–Crippen MR) is 89.9 cm³/mol. The van der Waals surface area contributed by atoms with E-state index in [0.717, 1.165) is 29.7 Å². The van der Waals surface area contributed by atoms with Crippen molar-refractivity contribution in [2.24, 2.45) is 0 Å². The Balaban J connectivity index is 1.83. The van der Waals surface area contributed by atoms with Crippen molar-refractivity contribution >= 4 is 15.9 Å². The van der Waals surface area contributed by atoms with E-state index in [2.05, 4.69) is 58.2 Å². The minimum absolute atomic E-state index is 0.224. The molecule has 0 bridgehead atoms. The molecular formula is C18H20BrNO. The van der Waals surface area contributed by atoms with E-state index in [1.165, 1.54) is 5.56 Å². The molecule has 1 aliphatic rings. The molecule has 1 fully saturated rings. The molecule has 2 aromatic rings. The molecule has 2 atom stereocenters. The quantitative estimate of drug-likeness (QED) is 0.821. The van der Waals surface area contributed by atoms with Gasteiger partial charge in [0, 0.05) is 19.0 Å². The molecule has 0 spiro atoms. The van der Waals surface area contributed by atoms with Crippen molar-refractivity contribution in [2.45, 2.75) is 18.4 Å². The van der Waals surface area contributed by atoms with Gasteiger partial charge in [0.2, 0.25) is 0 Å². The van der Waals surface area contributed by atoms with Gasteiger partial charge in [-0.3, -0.25) is 0 Å². The van der Waals surface area contributed by atoms with Gasteiger partial charge in [-0.2, -0.15) is 0 Å². The van der Waals surface area contributed by atoms with Gasteiger partial charge < -0.3 is 9.64 Å². The van der Waals surface area contributed by atoms with E-state index in [4.69, 9.17) is 4.74 Å². The Morgan fingerprint density at radius 2 is 1.76 bits per heavy atom. The average molecular weight is 346 g/mol. The third-order valence-corrected chi connectivity index (χ3v) is 4.75. The molecule has 21 heavy (non-hydrogen) atoms. The zero-order valence-corrected chi connectivity index (χ0v) is 13.8. The van der Waals surface area contributed by atoms with Crippen LogP contribution in [-0.4, -0.2) is 31.1 Å². The summed E-state index contributed by atoms with van der Waals surface area (Å²) < 4.78 is 7.35. The van der Waals surface area contributed by atoms with Crippen molar-refractivity contribution in [1.29, 1.82) is 0 Å². The van der Waals surface area contributed by atoms with E-state index in [-0.39, 0.29) is 6.10 Å². The van der Waals surface area contributed by atoms with Crippen LogP contribution in [0.3, 0.4) is 0 Å². The molecule has 3 heteroatoms. The van der Waals surface area contributed by atoms with E-state index >= 15 is 0 Å². The maximum Gasteiger partial charge on any atom is 0.133 e. The summed E-state index contributed by atoms with van der Waals surface area (Å²) in [5, 5.41) is 0. The lowest BCUT2D eigenvalue weighted by Gasteiger charge is -2.37. The number of likely N-dealkylation sites (N-methyl/N-ethyl adjacent to an activating group) is 1. The smallest absolute Gasteiger partial charge is 0.133 e. The lowest BCUT2D eigenvalue weighted by Crippen LogP contribution is -2.42. The first-order valence-electron chi connectivity index (χ1n) is 7.39. The number of benzene rings is 2. The van der Waals surface area contributed by atoms with Crippen molar-refractivity contribution in [2.75, 3.05) is 20.1 Å². The van der Waals surface area contributed by atoms with Crippen LogP contribution in [0, 0.1) is 0 Å². The van der Waals surface area contributed by atoms with Crippen LogP contribution in [0.2, 0.25) is 0 Å². The van der Waals surface area contributed by atoms with Crippen molar-refractivity contribution < 1.29 is 4.74 Å². The fourth-order valence-corrected chi connectivity index (χ4v) is 3.34. The summed E-state index contributed by atoms with van der Waals surface area (Å²) in [6.45, 7) is 2.12. The van der Waals surface area contributed by atoms with Crippen molar-refractivity contribution in [3.05, 3.63) is 64.6 Å². The zero-order chi connectivity index (χ0) is 14.7. The summed E-state index contributed by atoms with van der Waals surface area (Å²) in [7, 11) is 2.19. The van der Waals surface area contributed by atoms with Crippen molar-refractivity contribution in [3.63, 3.8) is 0 Å². The van der Waals surface area contributed by atoms with Gasteiger partial charge in [0.25, 0.3) is 0 Å². The molecule has 0 radical (unpaired) electrons. The predicted octanol–water partition coefficient (Wildman–Crippen LogP) is 4.32. The normalized spacial score (nSPS) is 23.0. The second kappa shape index (κ2) is 6.63. The maximum absolute atomic E-state index is 6.33. The van der Waals surface area contributed by atoms with Gasteiger partial charge in [-0.15, -0.1) is 0 Å². The molecule has 0 unspecified atom stereocenters. The molecule has 2 aromatic carbocycles. The highest BCUT2D eigenvalue weighted by Crippen LogP contribution is 2.33. The van der Waals surface area contributed by atoms with E-state index in [0.29, 0.717) is 5.92 Å². The van der Waals surface area contributed by atoms with Crippen LogP contribution in [0.4, 0.5) is 0 Å². The van der Waals surface area contributed by atoms with Crippen LogP contribution < -0.4 is 4.74 Å². The van der Waals surface area contributed by atoms with E-state index < -0.39 is 0 Å². The third-order valence-electron chi connectivity index (χ3n) is 4.10. The highest BCUT2D eigenvalue weighted by molar-refractivity contribution is 9.10. The summed E-state index contributed by atoms with van der Waals surface area (Å²) in [6, 6.07) is 18.8. The highest BCUT2D eigenvalue weighted by atomic mass is 79.9. The number of piperidine rings is 1. The molecule has 0 amide bonds. The van der Waals surface area contributed by atoms with Crippen molar-refractivity contribution in [3.8, 4) is 5.75 Å². The number of nitrogens with zero attached hydrogens (tertiary/aromatic N) is 1. The topological polar surface area (TPSA) is 12.5 Å². The molecule has 1 heterocycles. The lowest BCUT2D eigenvalue weighted by molar-refractivity contribution is 0.0896. The molecule has 0 N–H and O–H groups in total. The van der Waals surface area contributed by atoms with Crippen LogP contribution >= 0.6 is 15.9 Å². The molecule has 1 saturated heterocycles. The van der Waals surface area contributed by atoms with E-state index in [1.807, 2.05) is 24.3 Å². The fraction of sp³-hybridized carbons (Fsp3) is 0.333. The third kappa shape index (κ3) is 3.47. The second-order valence-corrected chi connectivity index (χ2v) is 6.51. The minimum atomic E-state index is 0.224. The van der Waals surface area contributed by atoms with Gasteiger partial charge in [0.1, 0.15) is 11.9 Å². The Labute approximate surface area is 134 Å². The van der Waals surface area contributed by atoms with Crippen LogP contribution in [-0.2, 0) is 0 Å². The Bertz CT molecular complexity index is 587. The summed E-state index contributed by atoms with van der Waals surface area (Å²) in [6.07, 6.45) is 1.28. The molecule has 110 valence electrons. The molecule has 2 nitrogen and oxygen atoms in total. The summed E-state index contributed by atoms with van der Waals surface area (Å²) in [5.74, 6) is 1.35. The Morgan fingerprint density at radius 1 is 1.05 bits per heavy atom. The molecular weight excluding hydrogens is 326 g/mol. The van der Waals surface area contributed by atoms with Crippen LogP contribution in [0.5, 0.6) is 5.75 Å². The first-order chi connectivity index (χ1) is 10.2. The Kier molecular flexibility index (Phi) is 4.61. The Hall–Kier alpha value is -1.32. The zero-order valence-electron chi connectivity index (χ0n) is 12.2. The number of para-hydroxylation sites is 1. The van der Waals surface area contributed by atoms with Gasteiger partial charge in [0.15, 0.2) is 0 Å². The first-order valence-corrected chi connectivity index (χ1v) is 8.18. The molecule has 0 aliphatic carbocycles. The lowest BCUT2D eigenvalue weighted by atomic mass is 9.88. The maximum atomic E-state index is 6.33. The number of halogens is 1. The van der Waals surface area contributed by atoms with Crippen LogP contribution in [0.15, 0.2) is 59.1 Å². The number of rotatable bonds is 3. The summed E-state index contributed by atoms with van der Waals surface area (Å²) in [5.41, 5.74) is 1.36. The van der Waals surface area contributed by atoms with Gasteiger partial charge in [-0.05, 0) is 47.1 Å². The van der Waals surface area contributed by atoms with Gasteiger partial charge in [-0.25, -0.2) is 0 Å². The monoisotopic (exact) mass is 345 g/mol. The number of likely N-dealkylation sites (tertiary alicyclic amines) is 1. The van der Waals surface area contributed by atoms with Crippen molar-refractivity contribution in [1.82, 2.24) is 4.90 Å². The van der Waals surface area contributed by atoms with Crippen LogP contribution in [0.25, 0.3) is 0 Å². The molecule has 0 aromatic heterocycles. The SMILES string of the molecule is CN1CC[C@@H](Oc2ccccc2Br)[C@H](c2ccccc2)C1. The number of ether oxygens (including phenoxy) is 1. The summed E-state index contributed by atoms with van der Waals surface area (Å²) >= 11 is 3.58. The molecule has 1 aliphatic heterocycles. The van der Waals surface area contributed by atoms with E-state index in [1.54, 1.807) is 0 Å². The van der Waals surface area contributed by atoms with Gasteiger partial charge in [-0.1, -0.05) is 42.5 Å². The molecule has 3 rings (SSSR count). The average Bonchev–Trinajstić information content (AvgIpc) is 2.52. The van der Waals surface area contributed by atoms with Gasteiger partial charge in [0.05, 0.1) is 4.47 Å². The van der Waals surface area contributed by atoms with E-state index in [9.17, 15) is 0 Å². The minimum Gasteiger partial charge on any atom is -0.489 e. The standard InChI is InChI=1S/C18H20BrNO/c1-20-12-11-17(21-18-10-6-5-9-16(18)19)15(13-20)14-7-3-2-4-8-14/h2-10,15,17H,11-13H2,1H3/t15-,17+/m0/s1. The van der Waals surface area contributed by atoms with Gasteiger partial charge >= 0.3 is 0 Å².